The minimum Gasteiger partial charge on any atom is -0.507 e. The van der Waals surface area contributed by atoms with Crippen LogP contribution in [0, 0.1) is 0 Å². The fourth-order valence-electron chi connectivity index (χ4n) is 2.27. The molecule has 0 radical (unpaired) electrons. The molecule has 0 saturated carbocycles. The van der Waals surface area contributed by atoms with Crippen LogP contribution in [0.4, 0.5) is 0 Å². The van der Waals surface area contributed by atoms with Gasteiger partial charge in [0.2, 0.25) is 0 Å². The number of phenolic OH excluding ortho intramolecular Hbond substituents is 1. The quantitative estimate of drug-likeness (QED) is 0.654. The Kier molecular flexibility index (Phi) is 5.05. The second-order valence-corrected chi connectivity index (χ2v) is 7.50. The van der Waals surface area contributed by atoms with Crippen LogP contribution in [0.3, 0.4) is 0 Å². The highest BCUT2D eigenvalue weighted by Crippen LogP contribution is 2.39. The van der Waals surface area contributed by atoms with Crippen LogP contribution in [0.25, 0.3) is 0 Å². The third kappa shape index (κ3) is 4.46. The zero-order chi connectivity index (χ0) is 16.4. The summed E-state index contributed by atoms with van der Waals surface area (Å²) in [6.45, 7) is 12.3. The molecule has 0 atom stereocenters. The van der Waals surface area contributed by atoms with Gasteiger partial charge in [-0.1, -0.05) is 53.7 Å². The zero-order valence-corrected chi connectivity index (χ0v) is 13.8. The van der Waals surface area contributed by atoms with Crippen molar-refractivity contribution < 1.29 is 20.0 Å². The molecule has 0 saturated heterocycles. The van der Waals surface area contributed by atoms with Crippen molar-refractivity contribution in [2.24, 2.45) is 0 Å². The third-order valence-electron chi connectivity index (χ3n) is 3.51. The minimum atomic E-state index is -0.655. The van der Waals surface area contributed by atoms with E-state index in [9.17, 15) is 9.90 Å². The normalized spacial score (nSPS) is 12.3. The summed E-state index contributed by atoms with van der Waals surface area (Å²) in [5, 5.41) is 18.9. The number of rotatable bonds is 3. The molecule has 0 aliphatic carbocycles. The third-order valence-corrected chi connectivity index (χ3v) is 3.51. The van der Waals surface area contributed by atoms with Gasteiger partial charge < -0.3 is 9.99 Å². The first-order valence-electron chi connectivity index (χ1n) is 7.18. The number of phenols is 1. The summed E-state index contributed by atoms with van der Waals surface area (Å²) in [4.78, 5) is 14.8. The highest BCUT2D eigenvalue weighted by Gasteiger charge is 2.26. The van der Waals surface area contributed by atoms with Gasteiger partial charge in [-0.05, 0) is 33.9 Å². The Labute approximate surface area is 126 Å². The Hall–Kier alpha value is -1.55. The number of aryl methyl sites for hydroxylation is 1. The van der Waals surface area contributed by atoms with E-state index in [-0.39, 0.29) is 17.3 Å². The average molecular weight is 294 g/mol. The van der Waals surface area contributed by atoms with Crippen LogP contribution in [0.2, 0.25) is 0 Å². The van der Waals surface area contributed by atoms with E-state index < -0.39 is 5.97 Å². The molecule has 0 fully saturated rings. The molecule has 118 valence electrons. The largest absolute Gasteiger partial charge is 0.507 e. The highest BCUT2D eigenvalue weighted by molar-refractivity contribution is 5.69. The second-order valence-electron chi connectivity index (χ2n) is 7.50. The molecule has 1 rings (SSSR count). The molecule has 21 heavy (non-hydrogen) atoms. The molecule has 4 heteroatoms. The summed E-state index contributed by atoms with van der Waals surface area (Å²) in [5.74, 6) is -0.332. The first-order valence-corrected chi connectivity index (χ1v) is 7.18. The van der Waals surface area contributed by atoms with E-state index in [1.165, 1.54) is 0 Å². The van der Waals surface area contributed by atoms with Gasteiger partial charge in [-0.25, -0.2) is 4.79 Å². The van der Waals surface area contributed by atoms with Gasteiger partial charge in [-0.2, -0.15) is 5.26 Å². The molecular weight excluding hydrogens is 268 g/mol. The predicted molar refractivity (Wildman–Crippen MR) is 82.5 cm³/mol. The predicted octanol–water partition coefficient (Wildman–Crippen LogP) is 3.94. The summed E-state index contributed by atoms with van der Waals surface area (Å²) in [6.07, 6.45) is 0.570. The van der Waals surface area contributed by atoms with E-state index in [0.29, 0.717) is 12.2 Å². The molecular formula is C17H26O4. The van der Waals surface area contributed by atoms with Crippen LogP contribution in [0.5, 0.6) is 5.75 Å². The number of carbonyl (C=O) groups excluding carboxylic acids is 1. The first-order chi connectivity index (χ1) is 9.46. The van der Waals surface area contributed by atoms with Gasteiger partial charge in [0.1, 0.15) is 5.75 Å². The van der Waals surface area contributed by atoms with E-state index in [4.69, 9.17) is 5.26 Å². The van der Waals surface area contributed by atoms with E-state index in [0.717, 1.165) is 16.7 Å². The van der Waals surface area contributed by atoms with Crippen LogP contribution >= 0.6 is 0 Å². The maximum Gasteiger partial charge on any atom is 0.342 e. The molecule has 1 aromatic rings. The Bertz CT molecular complexity index is 484. The van der Waals surface area contributed by atoms with Crippen molar-refractivity contribution in [2.75, 3.05) is 0 Å². The Morgan fingerprint density at radius 2 is 1.48 bits per heavy atom. The summed E-state index contributed by atoms with van der Waals surface area (Å²) in [7, 11) is 0. The number of hydrogen-bond acceptors (Lipinski definition) is 4. The van der Waals surface area contributed by atoms with E-state index in [1.54, 1.807) is 0 Å². The van der Waals surface area contributed by atoms with Gasteiger partial charge in [-0.3, -0.25) is 0 Å². The summed E-state index contributed by atoms with van der Waals surface area (Å²) >= 11 is 0. The fraction of sp³-hybridized carbons (Fsp3) is 0.588. The van der Waals surface area contributed by atoms with Crippen LogP contribution < -0.4 is 0 Å². The maximum atomic E-state index is 11.1. The molecule has 0 bridgehead atoms. The van der Waals surface area contributed by atoms with Crippen molar-refractivity contribution in [3.63, 3.8) is 0 Å². The lowest BCUT2D eigenvalue weighted by molar-refractivity contribution is -0.234. The van der Waals surface area contributed by atoms with Crippen molar-refractivity contribution in [2.45, 2.75) is 65.2 Å². The molecule has 0 amide bonds. The van der Waals surface area contributed by atoms with Gasteiger partial charge in [0.05, 0.1) is 6.42 Å². The summed E-state index contributed by atoms with van der Waals surface area (Å²) in [5.41, 5.74) is 2.28. The van der Waals surface area contributed by atoms with E-state index in [1.807, 2.05) is 53.7 Å². The van der Waals surface area contributed by atoms with Gasteiger partial charge in [0, 0.05) is 0 Å². The lowest BCUT2D eigenvalue weighted by Gasteiger charge is -2.28. The molecule has 2 N–H and O–H groups in total. The summed E-state index contributed by atoms with van der Waals surface area (Å²) in [6, 6.07) is 3.85. The van der Waals surface area contributed by atoms with Crippen LogP contribution in [0.1, 0.15) is 64.7 Å². The number of hydrogen-bond donors (Lipinski definition) is 2. The first kappa shape index (κ1) is 17.5. The average Bonchev–Trinajstić information content (AvgIpc) is 2.34. The van der Waals surface area contributed by atoms with Crippen LogP contribution in [0.15, 0.2) is 12.1 Å². The van der Waals surface area contributed by atoms with E-state index in [2.05, 4.69) is 4.89 Å². The van der Waals surface area contributed by atoms with Gasteiger partial charge in [0.25, 0.3) is 0 Å². The Morgan fingerprint density at radius 1 is 1.05 bits per heavy atom. The summed E-state index contributed by atoms with van der Waals surface area (Å²) < 4.78 is 0. The topological polar surface area (TPSA) is 66.8 Å². The molecule has 4 nitrogen and oxygen atoms in total. The molecule has 0 spiro atoms. The standard InChI is InChI=1S/C17H26O4/c1-16(2,3)12-9-11(7-8-14(18)21-20)10-13(15(12)19)17(4,5)6/h9-10,19-20H,7-8H2,1-6H3. The lowest BCUT2D eigenvalue weighted by atomic mass is 9.78. The molecule has 1 aromatic carbocycles. The Morgan fingerprint density at radius 3 is 1.81 bits per heavy atom. The zero-order valence-electron chi connectivity index (χ0n) is 13.8. The smallest absolute Gasteiger partial charge is 0.342 e. The van der Waals surface area contributed by atoms with E-state index >= 15 is 0 Å². The Balaban J connectivity index is 3.31. The maximum absolute atomic E-state index is 11.1. The molecule has 0 heterocycles. The van der Waals surface area contributed by atoms with Crippen molar-refractivity contribution in [3.8, 4) is 5.75 Å². The molecule has 0 aliphatic rings. The number of benzene rings is 1. The van der Waals surface area contributed by atoms with Gasteiger partial charge in [0.15, 0.2) is 0 Å². The van der Waals surface area contributed by atoms with Crippen LogP contribution in [-0.4, -0.2) is 16.3 Å². The SMILES string of the molecule is CC(C)(C)c1cc(CCC(=O)OO)cc(C(C)(C)C)c1O. The monoisotopic (exact) mass is 294 g/mol. The van der Waals surface area contributed by atoms with Gasteiger partial charge >= 0.3 is 5.97 Å². The molecule has 0 aromatic heterocycles. The van der Waals surface area contributed by atoms with Gasteiger partial charge in [-0.15, -0.1) is 0 Å². The molecule has 0 aliphatic heterocycles. The fourth-order valence-corrected chi connectivity index (χ4v) is 2.27. The van der Waals surface area contributed by atoms with Crippen molar-refractivity contribution in [3.05, 3.63) is 28.8 Å². The number of aromatic hydroxyl groups is 1. The minimum absolute atomic E-state index is 0.106. The lowest BCUT2D eigenvalue weighted by Crippen LogP contribution is -2.18. The highest BCUT2D eigenvalue weighted by atomic mass is 17.1. The van der Waals surface area contributed by atoms with Crippen molar-refractivity contribution in [1.29, 1.82) is 0 Å². The molecule has 0 unspecified atom stereocenters. The second kappa shape index (κ2) is 6.06. The van der Waals surface area contributed by atoms with Crippen molar-refractivity contribution >= 4 is 5.97 Å². The number of carbonyl (C=O) groups is 1. The van der Waals surface area contributed by atoms with Crippen LogP contribution in [-0.2, 0) is 26.9 Å². The van der Waals surface area contributed by atoms with Crippen molar-refractivity contribution in [1.82, 2.24) is 0 Å².